The molecule has 0 bridgehead atoms. The third kappa shape index (κ3) is 4.01. The SMILES string of the molecule is CCC(CCc1ccc2cc(C)c(N)nc2c1)CCn1ccc2c(N)ncnc21. The third-order valence-electron chi connectivity index (χ3n) is 5.90. The van der Waals surface area contributed by atoms with E-state index in [4.69, 9.17) is 11.5 Å². The number of nitrogens with zero attached hydrogens (tertiary/aromatic N) is 4. The molecule has 0 aliphatic rings. The number of aryl methyl sites for hydroxylation is 3. The lowest BCUT2D eigenvalue weighted by Crippen LogP contribution is -2.07. The number of hydrogen-bond donors (Lipinski definition) is 2. The first-order valence-corrected chi connectivity index (χ1v) is 10.3. The molecule has 1 aromatic carbocycles. The van der Waals surface area contributed by atoms with Crippen molar-refractivity contribution in [1.82, 2.24) is 19.5 Å². The van der Waals surface area contributed by atoms with Crippen LogP contribution in [0.3, 0.4) is 0 Å². The van der Waals surface area contributed by atoms with Gasteiger partial charge in [-0.1, -0.05) is 25.5 Å². The second-order valence-corrected chi connectivity index (χ2v) is 7.82. The van der Waals surface area contributed by atoms with Crippen molar-refractivity contribution < 1.29 is 0 Å². The van der Waals surface area contributed by atoms with Gasteiger partial charge in [-0.3, -0.25) is 0 Å². The van der Waals surface area contributed by atoms with Gasteiger partial charge in [0.2, 0.25) is 0 Å². The first kappa shape index (κ1) is 19.2. The largest absolute Gasteiger partial charge is 0.383 e. The van der Waals surface area contributed by atoms with Crippen molar-refractivity contribution in [3.05, 3.63) is 54.0 Å². The Hall–Kier alpha value is -3.15. The summed E-state index contributed by atoms with van der Waals surface area (Å²) in [6, 6.07) is 10.7. The highest BCUT2D eigenvalue weighted by Crippen LogP contribution is 2.24. The first-order valence-electron chi connectivity index (χ1n) is 10.3. The van der Waals surface area contributed by atoms with Crippen LogP contribution in [-0.4, -0.2) is 19.5 Å². The molecule has 1 unspecified atom stereocenters. The van der Waals surface area contributed by atoms with E-state index in [1.54, 1.807) is 0 Å². The minimum absolute atomic E-state index is 0.543. The van der Waals surface area contributed by atoms with Gasteiger partial charge in [0.25, 0.3) is 0 Å². The van der Waals surface area contributed by atoms with Crippen molar-refractivity contribution in [2.45, 2.75) is 46.1 Å². The van der Waals surface area contributed by atoms with Gasteiger partial charge in [0.1, 0.15) is 23.6 Å². The van der Waals surface area contributed by atoms with Crippen molar-refractivity contribution in [2.24, 2.45) is 5.92 Å². The van der Waals surface area contributed by atoms with Crippen molar-refractivity contribution in [1.29, 1.82) is 0 Å². The van der Waals surface area contributed by atoms with Gasteiger partial charge in [-0.05, 0) is 61.4 Å². The Bertz CT molecular complexity index is 1150. The smallest absolute Gasteiger partial charge is 0.145 e. The van der Waals surface area contributed by atoms with Crippen LogP contribution in [0, 0.1) is 12.8 Å². The summed E-state index contributed by atoms with van der Waals surface area (Å²) in [6.45, 7) is 5.20. The van der Waals surface area contributed by atoms with E-state index >= 15 is 0 Å². The van der Waals surface area contributed by atoms with Crippen molar-refractivity contribution in [2.75, 3.05) is 11.5 Å². The van der Waals surface area contributed by atoms with Crippen LogP contribution in [0.2, 0.25) is 0 Å². The van der Waals surface area contributed by atoms with Crippen LogP contribution in [0.5, 0.6) is 0 Å². The normalized spacial score (nSPS) is 12.6. The van der Waals surface area contributed by atoms with Crippen LogP contribution in [0.4, 0.5) is 11.6 Å². The number of anilines is 2. The van der Waals surface area contributed by atoms with Crippen molar-refractivity contribution in [3.8, 4) is 0 Å². The number of benzene rings is 1. The second-order valence-electron chi connectivity index (χ2n) is 7.82. The van der Waals surface area contributed by atoms with Crippen LogP contribution < -0.4 is 11.5 Å². The highest BCUT2D eigenvalue weighted by Gasteiger charge is 2.11. The lowest BCUT2D eigenvalue weighted by atomic mass is 9.93. The van der Waals surface area contributed by atoms with Crippen LogP contribution in [0.15, 0.2) is 42.9 Å². The molecule has 4 N–H and O–H groups in total. The van der Waals surface area contributed by atoms with E-state index in [0.29, 0.717) is 17.6 Å². The van der Waals surface area contributed by atoms with E-state index in [1.807, 2.05) is 13.0 Å². The molecule has 0 fully saturated rings. The number of pyridine rings is 1. The maximum atomic E-state index is 5.98. The Morgan fingerprint density at radius 1 is 1.03 bits per heavy atom. The fourth-order valence-corrected chi connectivity index (χ4v) is 3.94. The summed E-state index contributed by atoms with van der Waals surface area (Å²) < 4.78 is 2.18. The molecule has 0 saturated heterocycles. The summed E-state index contributed by atoms with van der Waals surface area (Å²) in [6.07, 6.45) is 8.07. The molecule has 4 aromatic rings. The van der Waals surface area contributed by atoms with Gasteiger partial charge in [0.05, 0.1) is 10.9 Å². The Morgan fingerprint density at radius 3 is 2.72 bits per heavy atom. The van der Waals surface area contributed by atoms with E-state index in [2.05, 4.69) is 56.9 Å². The summed E-state index contributed by atoms with van der Waals surface area (Å²) >= 11 is 0. The molecule has 0 spiro atoms. The molecule has 150 valence electrons. The van der Waals surface area contributed by atoms with Gasteiger partial charge in [0.15, 0.2) is 0 Å². The minimum Gasteiger partial charge on any atom is -0.383 e. The number of nitrogens with two attached hydrogens (primary N) is 2. The van der Waals surface area contributed by atoms with Crippen LogP contribution in [0.1, 0.15) is 37.3 Å². The molecule has 4 rings (SSSR count). The molecular formula is C23H28N6. The van der Waals surface area contributed by atoms with Crippen LogP contribution in [0.25, 0.3) is 21.9 Å². The average molecular weight is 389 g/mol. The predicted molar refractivity (Wildman–Crippen MR) is 120 cm³/mol. The van der Waals surface area contributed by atoms with E-state index in [9.17, 15) is 0 Å². The summed E-state index contributed by atoms with van der Waals surface area (Å²) in [5, 5.41) is 2.08. The molecule has 0 radical (unpaired) electrons. The number of nitrogen functional groups attached to an aromatic ring is 2. The number of aromatic nitrogens is 4. The van der Waals surface area contributed by atoms with Crippen molar-refractivity contribution >= 4 is 33.6 Å². The maximum absolute atomic E-state index is 5.98. The minimum atomic E-state index is 0.543. The summed E-state index contributed by atoms with van der Waals surface area (Å²) in [5.41, 5.74) is 16.2. The Kier molecular flexibility index (Phi) is 5.34. The Balaban J connectivity index is 1.41. The topological polar surface area (TPSA) is 95.6 Å². The lowest BCUT2D eigenvalue weighted by molar-refractivity contribution is 0.410. The molecule has 6 heteroatoms. The fraction of sp³-hybridized carbons (Fsp3) is 0.348. The van der Waals surface area contributed by atoms with Crippen LogP contribution in [-0.2, 0) is 13.0 Å². The Labute approximate surface area is 171 Å². The summed E-state index contributed by atoms with van der Waals surface area (Å²) in [4.78, 5) is 13.0. The maximum Gasteiger partial charge on any atom is 0.145 e. The Morgan fingerprint density at radius 2 is 1.90 bits per heavy atom. The predicted octanol–water partition coefficient (Wildman–Crippen LogP) is 4.50. The first-order chi connectivity index (χ1) is 14.0. The summed E-state index contributed by atoms with van der Waals surface area (Å²) in [5.74, 6) is 1.81. The number of hydrogen-bond acceptors (Lipinski definition) is 5. The van der Waals surface area contributed by atoms with Gasteiger partial charge in [-0.2, -0.15) is 0 Å². The van der Waals surface area contributed by atoms with E-state index in [-0.39, 0.29) is 0 Å². The average Bonchev–Trinajstić information content (AvgIpc) is 3.13. The van der Waals surface area contributed by atoms with Crippen molar-refractivity contribution in [3.63, 3.8) is 0 Å². The number of rotatable bonds is 7. The number of fused-ring (bicyclic) bond motifs is 2. The molecule has 1 atom stereocenters. The van der Waals surface area contributed by atoms with Gasteiger partial charge in [-0.25, -0.2) is 15.0 Å². The zero-order valence-electron chi connectivity index (χ0n) is 17.1. The van der Waals surface area contributed by atoms with Crippen LogP contribution >= 0.6 is 0 Å². The second kappa shape index (κ2) is 8.07. The molecule has 3 heterocycles. The molecule has 0 saturated carbocycles. The van der Waals surface area contributed by atoms with Gasteiger partial charge >= 0.3 is 0 Å². The molecule has 0 aliphatic carbocycles. The monoisotopic (exact) mass is 388 g/mol. The van der Waals surface area contributed by atoms with E-state index in [1.165, 1.54) is 11.9 Å². The highest BCUT2D eigenvalue weighted by molar-refractivity contribution is 5.86. The van der Waals surface area contributed by atoms with Gasteiger partial charge in [0, 0.05) is 18.1 Å². The zero-order chi connectivity index (χ0) is 20.4. The molecule has 0 aliphatic heterocycles. The quantitative estimate of drug-likeness (QED) is 0.486. The molecule has 3 aromatic heterocycles. The highest BCUT2D eigenvalue weighted by atomic mass is 15.1. The zero-order valence-corrected chi connectivity index (χ0v) is 17.1. The van der Waals surface area contributed by atoms with Gasteiger partial charge in [-0.15, -0.1) is 0 Å². The molecule has 6 nitrogen and oxygen atoms in total. The van der Waals surface area contributed by atoms with E-state index < -0.39 is 0 Å². The lowest BCUT2D eigenvalue weighted by Gasteiger charge is -2.16. The molecule has 0 amide bonds. The third-order valence-corrected chi connectivity index (χ3v) is 5.90. The van der Waals surface area contributed by atoms with Gasteiger partial charge < -0.3 is 16.0 Å². The fourth-order valence-electron chi connectivity index (χ4n) is 3.94. The standard InChI is InChI=1S/C23H28N6/c1-3-16(8-10-29-11-9-19-22(25)26-14-27-23(19)29)4-5-17-6-7-18-12-15(2)21(24)28-20(18)13-17/h6-7,9,11-14,16H,3-5,8,10H2,1-2H3,(H2,24,28)(H2,25,26,27). The van der Waals surface area contributed by atoms with E-state index in [0.717, 1.165) is 59.7 Å². The molecule has 29 heavy (non-hydrogen) atoms. The molecular weight excluding hydrogens is 360 g/mol. The summed E-state index contributed by atoms with van der Waals surface area (Å²) in [7, 11) is 0.